The van der Waals surface area contributed by atoms with Crippen LogP contribution < -0.4 is 16.0 Å². The molecule has 4 rings (SSSR count). The maximum atomic E-state index is 13.3. The average Bonchev–Trinajstić information content (AvgIpc) is 3.56. The maximum Gasteiger partial charge on any atom is 0.251 e. The van der Waals surface area contributed by atoms with E-state index in [1.807, 2.05) is 68.4 Å². The minimum Gasteiger partial charge on any atom is -0.370 e. The molecule has 0 saturated heterocycles. The lowest BCUT2D eigenvalue weighted by molar-refractivity contribution is -0.117. The Bertz CT molecular complexity index is 1070. The average molecular weight is 414 g/mol. The Morgan fingerprint density at radius 1 is 0.839 bits per heavy atom. The summed E-state index contributed by atoms with van der Waals surface area (Å²) in [5.74, 6) is -0.244. The molecule has 0 aromatic heterocycles. The van der Waals surface area contributed by atoms with Crippen molar-refractivity contribution in [1.82, 2.24) is 5.32 Å². The smallest absolute Gasteiger partial charge is 0.251 e. The lowest BCUT2D eigenvalue weighted by Gasteiger charge is -2.21. The van der Waals surface area contributed by atoms with Crippen molar-refractivity contribution >= 4 is 23.2 Å². The highest BCUT2D eigenvalue weighted by Gasteiger charge is 2.24. The summed E-state index contributed by atoms with van der Waals surface area (Å²) in [7, 11) is 0. The molecule has 0 aliphatic heterocycles. The summed E-state index contributed by atoms with van der Waals surface area (Å²) in [4.78, 5) is 25.7. The van der Waals surface area contributed by atoms with Crippen LogP contribution in [0.4, 0.5) is 11.4 Å². The van der Waals surface area contributed by atoms with Gasteiger partial charge in [0.05, 0.1) is 0 Å². The van der Waals surface area contributed by atoms with Gasteiger partial charge in [0.15, 0.2) is 0 Å². The SMILES string of the molecule is Cc1cc(C)cc(NC(=O)[C@H](Nc2cccc(C(=O)NC3CC3)c2)c2ccccc2)c1. The van der Waals surface area contributed by atoms with E-state index < -0.39 is 6.04 Å². The molecule has 0 radical (unpaired) electrons. The molecule has 3 N–H and O–H groups in total. The fourth-order valence-electron chi connectivity index (χ4n) is 3.62. The predicted octanol–water partition coefficient (Wildman–Crippen LogP) is 4.99. The van der Waals surface area contributed by atoms with Crippen molar-refractivity contribution in [3.05, 3.63) is 95.1 Å². The zero-order valence-electron chi connectivity index (χ0n) is 17.8. The Morgan fingerprint density at radius 3 is 2.23 bits per heavy atom. The van der Waals surface area contributed by atoms with E-state index >= 15 is 0 Å². The molecule has 5 nitrogen and oxygen atoms in total. The van der Waals surface area contributed by atoms with E-state index in [1.165, 1.54) is 0 Å². The van der Waals surface area contributed by atoms with Crippen LogP contribution in [0.15, 0.2) is 72.8 Å². The van der Waals surface area contributed by atoms with Gasteiger partial charge in [-0.25, -0.2) is 0 Å². The minimum absolute atomic E-state index is 0.0814. The van der Waals surface area contributed by atoms with Crippen LogP contribution in [0.2, 0.25) is 0 Å². The van der Waals surface area contributed by atoms with Gasteiger partial charge in [-0.05, 0) is 73.7 Å². The van der Waals surface area contributed by atoms with Gasteiger partial charge in [-0.2, -0.15) is 0 Å². The molecule has 3 aromatic rings. The summed E-state index contributed by atoms with van der Waals surface area (Å²) < 4.78 is 0. The fraction of sp³-hybridized carbons (Fsp3) is 0.231. The first-order valence-electron chi connectivity index (χ1n) is 10.6. The van der Waals surface area contributed by atoms with Crippen LogP contribution in [0, 0.1) is 13.8 Å². The first-order chi connectivity index (χ1) is 15.0. The van der Waals surface area contributed by atoms with Crippen LogP contribution in [0.1, 0.15) is 45.9 Å². The van der Waals surface area contributed by atoms with Crippen LogP contribution in [0.3, 0.4) is 0 Å². The molecule has 0 heterocycles. The first-order valence-corrected chi connectivity index (χ1v) is 10.6. The number of carbonyl (C=O) groups excluding carboxylic acids is 2. The molecule has 1 fully saturated rings. The molecule has 158 valence electrons. The van der Waals surface area contributed by atoms with Crippen molar-refractivity contribution in [2.45, 2.75) is 38.8 Å². The quantitative estimate of drug-likeness (QED) is 0.511. The molecule has 2 amide bonds. The molecule has 1 aliphatic carbocycles. The van der Waals surface area contributed by atoms with Crippen molar-refractivity contribution in [3.8, 4) is 0 Å². The standard InChI is InChI=1S/C26H27N3O2/c1-17-13-18(2)15-23(14-17)29-26(31)24(19-7-4-3-5-8-19)27-22-10-6-9-20(16-22)25(30)28-21-11-12-21/h3-10,13-16,21,24,27H,11-12H2,1-2H3,(H,28,30)(H,29,31)/t24-/m1/s1. The zero-order chi connectivity index (χ0) is 21.8. The minimum atomic E-state index is -0.608. The highest BCUT2D eigenvalue weighted by atomic mass is 16.2. The number of hydrogen-bond acceptors (Lipinski definition) is 3. The third kappa shape index (κ3) is 5.51. The van der Waals surface area contributed by atoms with Gasteiger partial charge in [-0.15, -0.1) is 0 Å². The molecular weight excluding hydrogens is 386 g/mol. The van der Waals surface area contributed by atoms with Crippen LogP contribution in [-0.2, 0) is 4.79 Å². The predicted molar refractivity (Wildman–Crippen MR) is 124 cm³/mol. The van der Waals surface area contributed by atoms with Crippen LogP contribution in [0.25, 0.3) is 0 Å². The molecular formula is C26H27N3O2. The van der Waals surface area contributed by atoms with E-state index in [0.717, 1.165) is 35.2 Å². The Hall–Kier alpha value is -3.60. The van der Waals surface area contributed by atoms with Crippen molar-refractivity contribution < 1.29 is 9.59 Å². The van der Waals surface area contributed by atoms with Crippen molar-refractivity contribution in [2.24, 2.45) is 0 Å². The van der Waals surface area contributed by atoms with E-state index in [-0.39, 0.29) is 11.8 Å². The summed E-state index contributed by atoms with van der Waals surface area (Å²) in [6, 6.07) is 22.5. The molecule has 1 saturated carbocycles. The number of rotatable bonds is 7. The van der Waals surface area contributed by atoms with Crippen molar-refractivity contribution in [1.29, 1.82) is 0 Å². The number of anilines is 2. The van der Waals surface area contributed by atoms with Gasteiger partial charge in [0.25, 0.3) is 11.8 Å². The Morgan fingerprint density at radius 2 is 1.55 bits per heavy atom. The van der Waals surface area contributed by atoms with Crippen LogP contribution in [0.5, 0.6) is 0 Å². The molecule has 5 heteroatoms. The third-order valence-corrected chi connectivity index (χ3v) is 5.23. The highest BCUT2D eigenvalue weighted by molar-refractivity contribution is 5.98. The van der Waals surface area contributed by atoms with Crippen LogP contribution in [-0.4, -0.2) is 17.9 Å². The third-order valence-electron chi connectivity index (χ3n) is 5.23. The Balaban J connectivity index is 1.57. The molecule has 0 unspecified atom stereocenters. The van der Waals surface area contributed by atoms with Gasteiger partial charge in [-0.1, -0.05) is 42.5 Å². The number of hydrogen-bond donors (Lipinski definition) is 3. The van der Waals surface area contributed by atoms with E-state index in [1.54, 1.807) is 12.1 Å². The van der Waals surface area contributed by atoms with Crippen molar-refractivity contribution in [2.75, 3.05) is 10.6 Å². The van der Waals surface area contributed by atoms with Gasteiger partial charge in [0.2, 0.25) is 0 Å². The van der Waals surface area contributed by atoms with Gasteiger partial charge in [0, 0.05) is 23.0 Å². The number of amides is 2. The number of carbonyl (C=O) groups is 2. The fourth-order valence-corrected chi connectivity index (χ4v) is 3.62. The summed E-state index contributed by atoms with van der Waals surface area (Å²) in [6.45, 7) is 4.02. The normalized spacial score (nSPS) is 13.9. The monoisotopic (exact) mass is 413 g/mol. The second-order valence-corrected chi connectivity index (χ2v) is 8.18. The highest BCUT2D eigenvalue weighted by Crippen LogP contribution is 2.24. The number of aryl methyl sites for hydroxylation is 2. The maximum absolute atomic E-state index is 13.3. The topological polar surface area (TPSA) is 70.2 Å². The molecule has 1 aliphatic rings. The van der Waals surface area contributed by atoms with Gasteiger partial charge >= 0.3 is 0 Å². The lowest BCUT2D eigenvalue weighted by atomic mass is 10.0. The summed E-state index contributed by atoms with van der Waals surface area (Å²) in [5, 5.41) is 9.35. The second-order valence-electron chi connectivity index (χ2n) is 8.18. The molecule has 0 spiro atoms. The van der Waals surface area contributed by atoms with E-state index in [0.29, 0.717) is 17.3 Å². The van der Waals surface area contributed by atoms with E-state index in [4.69, 9.17) is 0 Å². The van der Waals surface area contributed by atoms with E-state index in [2.05, 4.69) is 22.0 Å². The van der Waals surface area contributed by atoms with Crippen molar-refractivity contribution in [3.63, 3.8) is 0 Å². The second kappa shape index (κ2) is 9.04. The zero-order valence-corrected chi connectivity index (χ0v) is 17.8. The summed E-state index contributed by atoms with van der Waals surface area (Å²) in [5.41, 5.74) is 5.09. The number of nitrogens with one attached hydrogen (secondary N) is 3. The van der Waals surface area contributed by atoms with Crippen LogP contribution >= 0.6 is 0 Å². The van der Waals surface area contributed by atoms with E-state index in [9.17, 15) is 9.59 Å². The summed E-state index contributed by atoms with van der Waals surface area (Å²) in [6.07, 6.45) is 2.08. The van der Waals surface area contributed by atoms with Gasteiger partial charge in [-0.3, -0.25) is 9.59 Å². The largest absolute Gasteiger partial charge is 0.370 e. The Kier molecular flexibility index (Phi) is 6.03. The summed E-state index contributed by atoms with van der Waals surface area (Å²) >= 11 is 0. The van der Waals surface area contributed by atoms with Gasteiger partial charge in [0.1, 0.15) is 6.04 Å². The lowest BCUT2D eigenvalue weighted by Crippen LogP contribution is -2.28. The Labute approximate surface area is 182 Å². The molecule has 31 heavy (non-hydrogen) atoms. The molecule has 3 aromatic carbocycles. The molecule has 1 atom stereocenters. The first kappa shape index (κ1) is 20.7. The van der Waals surface area contributed by atoms with Gasteiger partial charge < -0.3 is 16.0 Å². The molecule has 0 bridgehead atoms. The number of benzene rings is 3.